The number of nitrogens with two attached hydrogens (primary N) is 1. The molecule has 1 rings (SSSR count). The van der Waals surface area contributed by atoms with Crippen LogP contribution in [0.3, 0.4) is 0 Å². The van der Waals surface area contributed by atoms with Crippen molar-refractivity contribution in [3.8, 4) is 11.5 Å². The molecule has 1 aromatic rings. The average molecular weight is 316 g/mol. The molecule has 0 heterocycles. The van der Waals surface area contributed by atoms with Crippen molar-refractivity contribution in [2.45, 2.75) is 26.9 Å². The van der Waals surface area contributed by atoms with E-state index in [2.05, 4.69) is 22.7 Å². The van der Waals surface area contributed by atoms with Crippen molar-refractivity contribution in [1.29, 1.82) is 0 Å². The zero-order chi connectivity index (χ0) is 15.1. The van der Waals surface area contributed by atoms with Gasteiger partial charge >= 0.3 is 0 Å². The van der Waals surface area contributed by atoms with E-state index in [1.807, 2.05) is 20.8 Å². The molecule has 0 spiro atoms. The Bertz CT molecular complexity index is 507. The molecule has 0 fully saturated rings. The zero-order valence-corrected chi connectivity index (χ0v) is 13.2. The fraction of sp³-hybridized carbons (Fsp3) is 0.385. The molecule has 0 aliphatic carbocycles. The van der Waals surface area contributed by atoms with Gasteiger partial charge in [0.15, 0.2) is 16.6 Å². The molecule has 0 bridgehead atoms. The van der Waals surface area contributed by atoms with E-state index in [1.165, 1.54) is 0 Å². The minimum Gasteiger partial charge on any atom is -0.490 e. The van der Waals surface area contributed by atoms with E-state index >= 15 is 0 Å². The quantitative estimate of drug-likeness (QED) is 0.480. The van der Waals surface area contributed by atoms with Crippen LogP contribution in [0.25, 0.3) is 0 Å². The molecule has 0 atom stereocenters. The smallest absolute Gasteiger partial charge is 0.184 e. The molecule has 7 heteroatoms. The normalized spacial score (nSPS) is 10.8. The lowest BCUT2D eigenvalue weighted by atomic mass is 10.2. The average Bonchev–Trinajstić information content (AvgIpc) is 2.33. The number of hydrogen-bond acceptors (Lipinski definition) is 4. The topological polar surface area (TPSA) is 68.9 Å². The lowest BCUT2D eigenvalue weighted by Crippen LogP contribution is -2.24. The largest absolute Gasteiger partial charge is 0.490 e. The first kappa shape index (κ1) is 16.5. The van der Waals surface area contributed by atoms with Gasteiger partial charge in [0.2, 0.25) is 0 Å². The van der Waals surface area contributed by atoms with E-state index in [-0.39, 0.29) is 11.2 Å². The number of hydrogen-bond donors (Lipinski definition) is 2. The van der Waals surface area contributed by atoms with Crippen LogP contribution in [0.1, 0.15) is 26.3 Å². The number of ether oxygens (including phenoxy) is 2. The van der Waals surface area contributed by atoms with Crippen LogP contribution in [0.15, 0.2) is 17.2 Å². The summed E-state index contributed by atoms with van der Waals surface area (Å²) >= 11 is 10.9. The molecular formula is C13H18ClN3O2S. The summed E-state index contributed by atoms with van der Waals surface area (Å²) in [6.45, 7) is 6.25. The number of benzene rings is 1. The molecule has 1 aromatic carbocycles. The Kier molecular flexibility index (Phi) is 6.54. The second-order valence-corrected chi connectivity index (χ2v) is 5.01. The van der Waals surface area contributed by atoms with Crippen LogP contribution in [-0.2, 0) is 0 Å². The molecule has 0 aliphatic heterocycles. The summed E-state index contributed by atoms with van der Waals surface area (Å²) in [5.74, 6) is 1.11. The molecular weight excluding hydrogens is 298 g/mol. The third kappa shape index (κ3) is 5.22. The van der Waals surface area contributed by atoms with Crippen LogP contribution in [0.4, 0.5) is 0 Å². The van der Waals surface area contributed by atoms with Gasteiger partial charge in [-0.15, -0.1) is 0 Å². The lowest BCUT2D eigenvalue weighted by molar-refractivity contribution is 0.224. The van der Waals surface area contributed by atoms with Gasteiger partial charge in [-0.2, -0.15) is 5.10 Å². The highest BCUT2D eigenvalue weighted by Gasteiger charge is 2.13. The Hall–Kier alpha value is -1.53. The van der Waals surface area contributed by atoms with Gasteiger partial charge in [0.05, 0.1) is 23.9 Å². The van der Waals surface area contributed by atoms with Crippen molar-refractivity contribution in [2.24, 2.45) is 10.8 Å². The van der Waals surface area contributed by atoms with Crippen LogP contribution >= 0.6 is 23.8 Å². The van der Waals surface area contributed by atoms with Crippen molar-refractivity contribution in [3.05, 3.63) is 22.7 Å². The van der Waals surface area contributed by atoms with E-state index < -0.39 is 0 Å². The predicted octanol–water partition coefficient (Wildman–Crippen LogP) is 2.69. The predicted molar refractivity (Wildman–Crippen MR) is 85.9 cm³/mol. The van der Waals surface area contributed by atoms with Gasteiger partial charge in [0.25, 0.3) is 0 Å². The summed E-state index contributed by atoms with van der Waals surface area (Å²) < 4.78 is 11.2. The maximum Gasteiger partial charge on any atom is 0.184 e. The standard InChI is InChI=1S/C13H18ClN3O2S/c1-4-18-11-6-9(7-16-17-13(15)20)5-10(14)12(11)19-8(2)3/h5-8H,4H2,1-3H3,(H3,15,17,20). The second kappa shape index (κ2) is 7.91. The highest BCUT2D eigenvalue weighted by molar-refractivity contribution is 7.80. The summed E-state index contributed by atoms with van der Waals surface area (Å²) in [5.41, 5.74) is 8.50. The van der Waals surface area contributed by atoms with Gasteiger partial charge in [-0.05, 0) is 50.7 Å². The maximum atomic E-state index is 6.22. The van der Waals surface area contributed by atoms with Crippen molar-refractivity contribution < 1.29 is 9.47 Å². The summed E-state index contributed by atoms with van der Waals surface area (Å²) in [6.07, 6.45) is 1.55. The first-order valence-electron chi connectivity index (χ1n) is 6.15. The Labute approximate surface area is 129 Å². The molecule has 20 heavy (non-hydrogen) atoms. The van der Waals surface area contributed by atoms with Crippen molar-refractivity contribution >= 4 is 35.1 Å². The molecule has 0 aliphatic rings. The van der Waals surface area contributed by atoms with Gasteiger partial charge < -0.3 is 15.2 Å². The minimum atomic E-state index is 0.00232. The molecule has 0 aromatic heterocycles. The van der Waals surface area contributed by atoms with E-state index in [9.17, 15) is 0 Å². The maximum absolute atomic E-state index is 6.22. The van der Waals surface area contributed by atoms with Gasteiger partial charge in [-0.1, -0.05) is 11.6 Å². The number of thiocarbonyl (C=S) groups is 1. The van der Waals surface area contributed by atoms with Crippen molar-refractivity contribution in [2.75, 3.05) is 6.61 Å². The highest BCUT2D eigenvalue weighted by Crippen LogP contribution is 2.37. The summed E-state index contributed by atoms with van der Waals surface area (Å²) in [5, 5.41) is 4.43. The fourth-order valence-electron chi connectivity index (χ4n) is 1.45. The van der Waals surface area contributed by atoms with Crippen LogP contribution < -0.4 is 20.6 Å². The molecule has 0 amide bonds. The number of hydrazone groups is 1. The molecule has 5 nitrogen and oxygen atoms in total. The Morgan fingerprint density at radius 2 is 2.25 bits per heavy atom. The van der Waals surface area contributed by atoms with Crippen molar-refractivity contribution in [1.82, 2.24) is 5.43 Å². The monoisotopic (exact) mass is 315 g/mol. The van der Waals surface area contributed by atoms with E-state index in [0.717, 1.165) is 5.56 Å². The number of rotatable bonds is 6. The Morgan fingerprint density at radius 3 is 2.80 bits per heavy atom. The molecule has 110 valence electrons. The van der Waals surface area contributed by atoms with Crippen molar-refractivity contribution in [3.63, 3.8) is 0 Å². The van der Waals surface area contributed by atoms with Crippen LogP contribution in [0, 0.1) is 0 Å². The molecule has 0 saturated carbocycles. The first-order chi connectivity index (χ1) is 9.43. The zero-order valence-electron chi connectivity index (χ0n) is 11.6. The van der Waals surface area contributed by atoms with E-state index in [1.54, 1.807) is 18.3 Å². The van der Waals surface area contributed by atoms with Gasteiger partial charge in [0, 0.05) is 0 Å². The molecule has 3 N–H and O–H groups in total. The Balaban J connectivity index is 3.05. The third-order valence-electron chi connectivity index (χ3n) is 2.07. The minimum absolute atomic E-state index is 0.00232. The van der Waals surface area contributed by atoms with Crippen LogP contribution in [0.5, 0.6) is 11.5 Å². The third-order valence-corrected chi connectivity index (χ3v) is 2.45. The molecule has 0 radical (unpaired) electrons. The van der Waals surface area contributed by atoms with Gasteiger partial charge in [0.1, 0.15) is 0 Å². The van der Waals surface area contributed by atoms with Crippen LogP contribution in [-0.4, -0.2) is 24.0 Å². The number of nitrogens with zero attached hydrogens (tertiary/aromatic N) is 1. The fourth-order valence-corrected chi connectivity index (χ4v) is 1.76. The first-order valence-corrected chi connectivity index (χ1v) is 6.94. The van der Waals surface area contributed by atoms with Gasteiger partial charge in [-0.3, -0.25) is 5.43 Å². The SMILES string of the molecule is CCOc1cc(C=NNC(N)=S)cc(Cl)c1OC(C)C. The van der Waals surface area contributed by atoms with E-state index in [0.29, 0.717) is 23.1 Å². The lowest BCUT2D eigenvalue weighted by Gasteiger charge is -2.16. The Morgan fingerprint density at radius 1 is 1.55 bits per heavy atom. The summed E-state index contributed by atoms with van der Waals surface area (Å²) in [6, 6.07) is 3.52. The highest BCUT2D eigenvalue weighted by atomic mass is 35.5. The second-order valence-electron chi connectivity index (χ2n) is 4.16. The molecule has 0 unspecified atom stereocenters. The van der Waals surface area contributed by atoms with E-state index in [4.69, 9.17) is 26.8 Å². The number of halogens is 1. The summed E-state index contributed by atoms with van der Waals surface area (Å²) in [4.78, 5) is 0. The number of nitrogens with one attached hydrogen (secondary N) is 1. The summed E-state index contributed by atoms with van der Waals surface area (Å²) in [7, 11) is 0. The molecule has 0 saturated heterocycles. The van der Waals surface area contributed by atoms with Gasteiger partial charge in [-0.25, -0.2) is 0 Å². The van der Waals surface area contributed by atoms with Crippen LogP contribution in [0.2, 0.25) is 5.02 Å².